The van der Waals surface area contributed by atoms with Crippen molar-refractivity contribution in [3.05, 3.63) is 48.0 Å². The summed E-state index contributed by atoms with van der Waals surface area (Å²) in [6.07, 6.45) is 0. The van der Waals surface area contributed by atoms with Crippen LogP contribution in [0.25, 0.3) is 10.8 Å². The van der Waals surface area contributed by atoms with E-state index in [1.165, 1.54) is 4.90 Å². The summed E-state index contributed by atoms with van der Waals surface area (Å²) in [4.78, 5) is 40.9. The van der Waals surface area contributed by atoms with E-state index in [0.717, 1.165) is 22.1 Å². The van der Waals surface area contributed by atoms with E-state index in [1.54, 1.807) is 23.6 Å². The normalized spacial score (nSPS) is 23.0. The number of hydrogen-bond acceptors (Lipinski definition) is 4. The van der Waals surface area contributed by atoms with Crippen LogP contribution >= 0.6 is 11.8 Å². The number of nitrogens with one attached hydrogen (secondary N) is 1. The molecule has 26 heavy (non-hydrogen) atoms. The number of urea groups is 1. The minimum absolute atomic E-state index is 0.113. The van der Waals surface area contributed by atoms with Gasteiger partial charge in [-0.15, -0.1) is 11.8 Å². The summed E-state index contributed by atoms with van der Waals surface area (Å²) in [6, 6.07) is 12.9. The molecule has 7 heteroatoms. The lowest BCUT2D eigenvalue weighted by Crippen LogP contribution is -2.49. The Morgan fingerprint density at radius 2 is 1.96 bits per heavy atom. The number of nitrogens with zero attached hydrogens (tertiary/aromatic N) is 2. The Balaban J connectivity index is 1.76. The van der Waals surface area contributed by atoms with E-state index in [2.05, 4.69) is 5.32 Å². The van der Waals surface area contributed by atoms with Crippen LogP contribution in [0.5, 0.6) is 0 Å². The molecule has 2 aliphatic rings. The SMILES string of the molecule is CC1(c2cccc3ccccc23)C(=O)NC(=O)N1CC(=O)N1CCSC1. The number of carbonyl (C=O) groups excluding carboxylic acids is 3. The van der Waals surface area contributed by atoms with E-state index in [-0.39, 0.29) is 12.5 Å². The van der Waals surface area contributed by atoms with Crippen molar-refractivity contribution in [3.63, 3.8) is 0 Å². The number of rotatable bonds is 3. The second kappa shape index (κ2) is 6.32. The predicted molar refractivity (Wildman–Crippen MR) is 101 cm³/mol. The molecule has 0 bridgehead atoms. The maximum absolute atomic E-state index is 12.8. The second-order valence-electron chi connectivity index (χ2n) is 6.64. The molecule has 2 aromatic rings. The molecule has 2 fully saturated rings. The molecule has 0 radical (unpaired) electrons. The number of benzene rings is 2. The zero-order valence-corrected chi connectivity index (χ0v) is 15.2. The number of carbonyl (C=O) groups is 3. The van der Waals surface area contributed by atoms with E-state index in [9.17, 15) is 14.4 Å². The van der Waals surface area contributed by atoms with Gasteiger partial charge in [-0.1, -0.05) is 42.5 Å². The molecule has 1 atom stereocenters. The summed E-state index contributed by atoms with van der Waals surface area (Å²) < 4.78 is 0. The molecule has 0 aliphatic carbocycles. The quantitative estimate of drug-likeness (QED) is 0.842. The lowest BCUT2D eigenvalue weighted by Gasteiger charge is -2.33. The lowest BCUT2D eigenvalue weighted by atomic mass is 9.86. The number of amides is 4. The van der Waals surface area contributed by atoms with Gasteiger partial charge in [0.05, 0.1) is 5.88 Å². The van der Waals surface area contributed by atoms with Gasteiger partial charge in [0, 0.05) is 12.3 Å². The summed E-state index contributed by atoms with van der Waals surface area (Å²) in [5, 5.41) is 4.27. The monoisotopic (exact) mass is 369 g/mol. The number of imide groups is 1. The van der Waals surface area contributed by atoms with E-state index in [0.29, 0.717) is 12.4 Å². The second-order valence-corrected chi connectivity index (χ2v) is 7.71. The van der Waals surface area contributed by atoms with Gasteiger partial charge < -0.3 is 4.90 Å². The number of thioether (sulfide) groups is 1. The summed E-state index contributed by atoms with van der Waals surface area (Å²) in [5.41, 5.74) is -0.497. The standard InChI is InChI=1S/C19H19N3O3S/c1-19(15-8-4-6-13-5-2-3-7-14(13)15)17(24)20-18(25)22(19)11-16(23)21-9-10-26-12-21/h2-8H,9-12H2,1H3,(H,20,24,25). The van der Waals surface area contributed by atoms with E-state index in [4.69, 9.17) is 0 Å². The molecule has 4 rings (SSSR count). The van der Waals surface area contributed by atoms with Gasteiger partial charge in [-0.05, 0) is 23.3 Å². The van der Waals surface area contributed by atoms with Gasteiger partial charge in [-0.3, -0.25) is 19.8 Å². The number of hydrogen-bond donors (Lipinski definition) is 1. The van der Waals surface area contributed by atoms with E-state index in [1.807, 2.05) is 42.5 Å². The van der Waals surface area contributed by atoms with E-state index >= 15 is 0 Å². The Bertz CT molecular complexity index is 905. The molecule has 134 valence electrons. The largest absolute Gasteiger partial charge is 0.331 e. The van der Waals surface area contributed by atoms with Gasteiger partial charge in [-0.25, -0.2) is 4.79 Å². The molecular formula is C19H19N3O3S. The first kappa shape index (κ1) is 16.9. The molecule has 1 unspecified atom stereocenters. The smallest absolute Gasteiger partial charge is 0.325 e. The van der Waals surface area contributed by atoms with Gasteiger partial charge >= 0.3 is 6.03 Å². The van der Waals surface area contributed by atoms with Crippen molar-refractivity contribution >= 4 is 40.4 Å². The van der Waals surface area contributed by atoms with Gasteiger partial charge in [-0.2, -0.15) is 0 Å². The number of fused-ring (bicyclic) bond motifs is 1. The topological polar surface area (TPSA) is 69.7 Å². The third kappa shape index (κ3) is 2.54. The molecule has 2 heterocycles. The van der Waals surface area contributed by atoms with Crippen LogP contribution in [-0.2, 0) is 15.1 Å². The molecule has 1 N–H and O–H groups in total. The van der Waals surface area contributed by atoms with Crippen molar-refractivity contribution < 1.29 is 14.4 Å². The highest BCUT2D eigenvalue weighted by Crippen LogP contribution is 2.37. The van der Waals surface area contributed by atoms with Crippen LogP contribution in [0.3, 0.4) is 0 Å². The van der Waals surface area contributed by atoms with Crippen LogP contribution in [-0.4, -0.2) is 52.4 Å². The van der Waals surface area contributed by atoms with Gasteiger partial charge in [0.25, 0.3) is 5.91 Å². The van der Waals surface area contributed by atoms with E-state index < -0.39 is 17.5 Å². The molecule has 0 saturated carbocycles. The lowest BCUT2D eigenvalue weighted by molar-refractivity contribution is -0.133. The van der Waals surface area contributed by atoms with Crippen LogP contribution in [0, 0.1) is 0 Å². The van der Waals surface area contributed by atoms with Crippen molar-refractivity contribution in [1.29, 1.82) is 0 Å². The fraction of sp³-hybridized carbons (Fsp3) is 0.316. The molecule has 6 nitrogen and oxygen atoms in total. The summed E-state index contributed by atoms with van der Waals surface area (Å²) in [5.74, 6) is 0.999. The minimum Gasteiger partial charge on any atom is -0.331 e. The van der Waals surface area contributed by atoms with Crippen molar-refractivity contribution in [1.82, 2.24) is 15.1 Å². The fourth-order valence-electron chi connectivity index (χ4n) is 3.61. The zero-order valence-electron chi connectivity index (χ0n) is 14.4. The van der Waals surface area contributed by atoms with Crippen molar-refractivity contribution in [2.45, 2.75) is 12.5 Å². The molecule has 0 spiro atoms. The summed E-state index contributed by atoms with van der Waals surface area (Å²) in [6.45, 7) is 2.27. The maximum atomic E-state index is 12.8. The van der Waals surface area contributed by atoms with Crippen LogP contribution in [0.4, 0.5) is 4.79 Å². The average Bonchev–Trinajstić information content (AvgIpc) is 3.25. The summed E-state index contributed by atoms with van der Waals surface area (Å²) >= 11 is 1.69. The average molecular weight is 369 g/mol. The van der Waals surface area contributed by atoms with Crippen LogP contribution in [0.15, 0.2) is 42.5 Å². The molecule has 2 aromatic carbocycles. The highest BCUT2D eigenvalue weighted by molar-refractivity contribution is 7.99. The first-order valence-electron chi connectivity index (χ1n) is 8.48. The van der Waals surface area contributed by atoms with Crippen LogP contribution < -0.4 is 5.32 Å². The highest BCUT2D eigenvalue weighted by Gasteiger charge is 2.52. The molecular weight excluding hydrogens is 350 g/mol. The molecule has 0 aromatic heterocycles. The van der Waals surface area contributed by atoms with Gasteiger partial charge in [0.15, 0.2) is 0 Å². The summed E-state index contributed by atoms with van der Waals surface area (Å²) in [7, 11) is 0. The first-order chi connectivity index (χ1) is 12.5. The highest BCUT2D eigenvalue weighted by atomic mass is 32.2. The Kier molecular flexibility index (Phi) is 4.11. The van der Waals surface area contributed by atoms with Gasteiger partial charge in [0.2, 0.25) is 5.91 Å². The van der Waals surface area contributed by atoms with Crippen molar-refractivity contribution in [2.75, 3.05) is 24.7 Å². The predicted octanol–water partition coefficient (Wildman–Crippen LogP) is 2.14. The van der Waals surface area contributed by atoms with Crippen molar-refractivity contribution in [2.24, 2.45) is 0 Å². The minimum atomic E-state index is -1.22. The van der Waals surface area contributed by atoms with Gasteiger partial charge in [0.1, 0.15) is 12.1 Å². The molecule has 4 amide bonds. The Hall–Kier alpha value is -2.54. The third-order valence-electron chi connectivity index (χ3n) is 5.16. The zero-order chi connectivity index (χ0) is 18.3. The first-order valence-corrected chi connectivity index (χ1v) is 9.64. The molecule has 2 saturated heterocycles. The third-order valence-corrected chi connectivity index (χ3v) is 6.13. The maximum Gasteiger partial charge on any atom is 0.325 e. The fourth-order valence-corrected chi connectivity index (χ4v) is 4.58. The Labute approximate surface area is 155 Å². The van der Waals surface area contributed by atoms with Crippen LogP contribution in [0.1, 0.15) is 12.5 Å². The Morgan fingerprint density at radius 3 is 2.73 bits per heavy atom. The van der Waals surface area contributed by atoms with Crippen LogP contribution in [0.2, 0.25) is 0 Å². The van der Waals surface area contributed by atoms with Crippen molar-refractivity contribution in [3.8, 4) is 0 Å². The molecule has 2 aliphatic heterocycles. The Morgan fingerprint density at radius 1 is 1.19 bits per heavy atom.